The molecule has 0 rings (SSSR count). The lowest BCUT2D eigenvalue weighted by Crippen LogP contribution is -2.30. The van der Waals surface area contributed by atoms with Crippen molar-refractivity contribution in [1.82, 2.24) is 0 Å². The third-order valence-corrected chi connectivity index (χ3v) is 8.13. The van der Waals surface area contributed by atoms with Crippen LogP contribution in [0.5, 0.6) is 0 Å². The second-order valence-electron chi connectivity index (χ2n) is 13.7. The van der Waals surface area contributed by atoms with Crippen LogP contribution in [0.2, 0.25) is 0 Å². The third-order valence-electron chi connectivity index (χ3n) is 8.13. The number of ether oxygens (including phenoxy) is 6. The van der Waals surface area contributed by atoms with E-state index in [1.54, 1.807) is 0 Å². The fourth-order valence-corrected chi connectivity index (χ4v) is 4.99. The van der Waals surface area contributed by atoms with Gasteiger partial charge in [-0.25, -0.2) is 0 Å². The number of esters is 6. The Morgan fingerprint density at radius 1 is 0.296 bits per heavy atom. The van der Waals surface area contributed by atoms with Crippen molar-refractivity contribution in [2.45, 2.75) is 208 Å². The molecule has 0 N–H and O–H groups in total. The van der Waals surface area contributed by atoms with E-state index in [0.29, 0.717) is 51.4 Å². The molecule has 0 amide bonds. The van der Waals surface area contributed by atoms with Crippen LogP contribution in [-0.2, 0) is 57.2 Å². The smallest absolute Gasteiger partial charge is 0.306 e. The molecule has 0 heterocycles. The molecule has 0 aromatic rings. The minimum Gasteiger partial charge on any atom is -0.462 e. The van der Waals surface area contributed by atoms with Crippen molar-refractivity contribution in [3.63, 3.8) is 0 Å². The van der Waals surface area contributed by atoms with Gasteiger partial charge in [-0.1, -0.05) is 119 Å². The molecular weight excluding hydrogens is 696 g/mol. The van der Waals surface area contributed by atoms with Crippen molar-refractivity contribution < 1.29 is 57.2 Å². The molecule has 12 heteroatoms. The van der Waals surface area contributed by atoms with Gasteiger partial charge >= 0.3 is 35.8 Å². The molecule has 0 saturated carbocycles. The number of unbranched alkanes of at least 4 members (excludes halogenated alkanes) is 12. The number of carbonyl (C=O) groups is 6. The van der Waals surface area contributed by atoms with E-state index >= 15 is 0 Å². The molecule has 0 atom stereocenters. The van der Waals surface area contributed by atoms with Gasteiger partial charge in [-0.15, -0.1) is 0 Å². The molecule has 0 bridgehead atoms. The molecular formula is C42H76O12. The molecule has 0 spiro atoms. The Hall–Kier alpha value is -3.18. The highest BCUT2D eigenvalue weighted by atomic mass is 16.6. The quantitative estimate of drug-likeness (QED) is 0.0347. The van der Waals surface area contributed by atoms with E-state index in [2.05, 4.69) is 20.8 Å². The lowest BCUT2D eigenvalue weighted by Gasteiger charge is -2.18. The van der Waals surface area contributed by atoms with Crippen molar-refractivity contribution >= 4 is 35.8 Å². The van der Waals surface area contributed by atoms with Crippen LogP contribution in [0.1, 0.15) is 196 Å². The summed E-state index contributed by atoms with van der Waals surface area (Å²) in [6.45, 7) is 11.7. The van der Waals surface area contributed by atoms with E-state index in [9.17, 15) is 28.8 Å². The standard InChI is InChI=1S/C27H50O6.C15H26O6/c1-4-7-10-13-16-19-25(28)31-22-24(33-27(30)21-18-15-12-9-6-3)23-32-26(29)20-17-14-11-8-5-2;1-4-7-13(16)19-10-12(21-15(18)9-6-3)11-20-14(17)8-5-2/h24H,4-23H2,1-3H3;12H,4-11H2,1-3H3. The Labute approximate surface area is 326 Å². The summed E-state index contributed by atoms with van der Waals surface area (Å²) in [5.74, 6) is -2.02. The summed E-state index contributed by atoms with van der Waals surface area (Å²) in [5, 5.41) is 0. The van der Waals surface area contributed by atoms with E-state index in [-0.39, 0.29) is 68.7 Å². The summed E-state index contributed by atoms with van der Waals surface area (Å²) in [4.78, 5) is 70.4. The normalized spacial score (nSPS) is 10.7. The van der Waals surface area contributed by atoms with Crippen molar-refractivity contribution in [1.29, 1.82) is 0 Å². The van der Waals surface area contributed by atoms with Gasteiger partial charge in [0.1, 0.15) is 26.4 Å². The first-order chi connectivity index (χ1) is 26.1. The maximum absolute atomic E-state index is 12.2. The molecule has 54 heavy (non-hydrogen) atoms. The second-order valence-corrected chi connectivity index (χ2v) is 13.7. The SMILES string of the molecule is CCCC(=O)OCC(COC(=O)CCC)OC(=O)CCC.CCCCCCCC(=O)OCC(COC(=O)CCCCCCC)OC(=O)CCCCCCC. The van der Waals surface area contributed by atoms with Crippen molar-refractivity contribution in [3.05, 3.63) is 0 Å². The zero-order chi connectivity index (χ0) is 40.7. The number of hydrogen-bond donors (Lipinski definition) is 0. The van der Waals surface area contributed by atoms with Crippen LogP contribution in [0.15, 0.2) is 0 Å². The Morgan fingerprint density at radius 2 is 0.537 bits per heavy atom. The predicted octanol–water partition coefficient (Wildman–Crippen LogP) is 9.45. The van der Waals surface area contributed by atoms with E-state index in [0.717, 1.165) is 77.0 Å². The van der Waals surface area contributed by atoms with Gasteiger partial charge < -0.3 is 28.4 Å². The van der Waals surface area contributed by atoms with Crippen LogP contribution in [0.3, 0.4) is 0 Å². The maximum atomic E-state index is 12.2. The van der Waals surface area contributed by atoms with Gasteiger partial charge in [-0.05, 0) is 38.5 Å². The molecule has 12 nitrogen and oxygen atoms in total. The Kier molecular flexibility index (Phi) is 38.7. The number of carbonyl (C=O) groups excluding carboxylic acids is 6. The minimum atomic E-state index is -0.749. The van der Waals surface area contributed by atoms with Crippen LogP contribution in [0.25, 0.3) is 0 Å². The first kappa shape index (κ1) is 52.9. The Morgan fingerprint density at radius 3 is 0.833 bits per heavy atom. The van der Waals surface area contributed by atoms with Crippen LogP contribution >= 0.6 is 0 Å². The largest absolute Gasteiger partial charge is 0.462 e. The highest BCUT2D eigenvalue weighted by molar-refractivity contribution is 5.72. The summed E-state index contributed by atoms with van der Waals surface area (Å²) in [6, 6.07) is 0. The summed E-state index contributed by atoms with van der Waals surface area (Å²) in [7, 11) is 0. The van der Waals surface area contributed by atoms with E-state index in [1.165, 1.54) is 19.3 Å². The van der Waals surface area contributed by atoms with Crippen molar-refractivity contribution in [2.24, 2.45) is 0 Å². The van der Waals surface area contributed by atoms with Crippen LogP contribution in [-0.4, -0.2) is 74.5 Å². The van der Waals surface area contributed by atoms with E-state index in [4.69, 9.17) is 28.4 Å². The highest BCUT2D eigenvalue weighted by Crippen LogP contribution is 2.11. The lowest BCUT2D eigenvalue weighted by atomic mass is 10.1. The summed E-state index contributed by atoms with van der Waals surface area (Å²) in [5.41, 5.74) is 0. The molecule has 0 aromatic heterocycles. The van der Waals surface area contributed by atoms with Gasteiger partial charge in [0.2, 0.25) is 0 Å². The number of rotatable bonds is 34. The van der Waals surface area contributed by atoms with Gasteiger partial charge in [-0.3, -0.25) is 28.8 Å². The predicted molar refractivity (Wildman–Crippen MR) is 208 cm³/mol. The molecule has 0 saturated heterocycles. The third kappa shape index (κ3) is 37.1. The fraction of sp³-hybridized carbons (Fsp3) is 0.857. The first-order valence-corrected chi connectivity index (χ1v) is 21.1. The number of hydrogen-bond acceptors (Lipinski definition) is 12. The van der Waals surface area contributed by atoms with Gasteiger partial charge in [-0.2, -0.15) is 0 Å². The molecule has 0 aromatic carbocycles. The molecule has 0 radical (unpaired) electrons. The maximum Gasteiger partial charge on any atom is 0.306 e. The zero-order valence-corrected chi connectivity index (χ0v) is 34.9. The summed E-state index contributed by atoms with van der Waals surface area (Å²) < 4.78 is 31.3. The van der Waals surface area contributed by atoms with E-state index in [1.807, 2.05) is 20.8 Å². The van der Waals surface area contributed by atoms with Crippen LogP contribution in [0, 0.1) is 0 Å². The zero-order valence-electron chi connectivity index (χ0n) is 34.9. The monoisotopic (exact) mass is 773 g/mol. The van der Waals surface area contributed by atoms with Crippen molar-refractivity contribution in [3.8, 4) is 0 Å². The first-order valence-electron chi connectivity index (χ1n) is 21.1. The summed E-state index contributed by atoms with van der Waals surface area (Å²) >= 11 is 0. The average Bonchev–Trinajstić information content (AvgIpc) is 3.14. The summed E-state index contributed by atoms with van der Waals surface area (Å²) in [6.07, 6.45) is 18.2. The van der Waals surface area contributed by atoms with E-state index < -0.39 is 12.2 Å². The molecule has 0 aliphatic rings. The van der Waals surface area contributed by atoms with Crippen LogP contribution in [0.4, 0.5) is 0 Å². The molecule has 0 unspecified atom stereocenters. The van der Waals surface area contributed by atoms with Crippen molar-refractivity contribution in [2.75, 3.05) is 26.4 Å². The molecule has 0 aliphatic carbocycles. The lowest BCUT2D eigenvalue weighted by molar-refractivity contribution is -0.167. The van der Waals surface area contributed by atoms with Crippen LogP contribution < -0.4 is 0 Å². The fourth-order valence-electron chi connectivity index (χ4n) is 4.99. The average molecular weight is 773 g/mol. The Bertz CT molecular complexity index is 915. The van der Waals surface area contributed by atoms with Gasteiger partial charge in [0, 0.05) is 38.5 Å². The molecule has 316 valence electrons. The highest BCUT2D eigenvalue weighted by Gasteiger charge is 2.20. The Balaban J connectivity index is 0. The molecule has 0 aliphatic heterocycles. The second kappa shape index (κ2) is 39.5. The van der Waals surface area contributed by atoms with Gasteiger partial charge in [0.25, 0.3) is 0 Å². The minimum absolute atomic E-state index is 0.0703. The van der Waals surface area contributed by atoms with Gasteiger partial charge in [0.05, 0.1) is 0 Å². The van der Waals surface area contributed by atoms with Gasteiger partial charge in [0.15, 0.2) is 12.2 Å². The topological polar surface area (TPSA) is 158 Å². The molecule has 0 fully saturated rings.